The second-order valence-electron chi connectivity index (χ2n) is 5.70. The molecule has 3 rings (SSSR count). The molecule has 4 amide bonds. The minimum absolute atomic E-state index is 0.287. The summed E-state index contributed by atoms with van der Waals surface area (Å²) in [6.45, 7) is 3.57. The lowest BCUT2D eigenvalue weighted by Crippen LogP contribution is -2.40. The van der Waals surface area contributed by atoms with E-state index in [9.17, 15) is 14.4 Å². The number of hydrogen-bond donors (Lipinski definition) is 4. The van der Waals surface area contributed by atoms with Crippen LogP contribution in [-0.2, 0) is 16.8 Å². The summed E-state index contributed by atoms with van der Waals surface area (Å²) in [6.07, 6.45) is 0.753. The molecule has 8 heteroatoms. The van der Waals surface area contributed by atoms with Gasteiger partial charge in [0.15, 0.2) is 5.69 Å². The predicted octanol–water partition coefficient (Wildman–Crippen LogP) is 1.28. The van der Waals surface area contributed by atoms with E-state index in [1.165, 1.54) is 0 Å². The summed E-state index contributed by atoms with van der Waals surface area (Å²) in [6, 6.07) is 7.91. The van der Waals surface area contributed by atoms with Gasteiger partial charge in [-0.25, -0.2) is 4.79 Å². The smallest absolute Gasteiger partial charge is 0.321 e. The molecule has 0 bridgehead atoms. The molecule has 124 valence electrons. The lowest BCUT2D eigenvalue weighted by atomic mass is 9.92. The molecule has 1 aliphatic heterocycles. The van der Waals surface area contributed by atoms with Crippen LogP contribution in [0.2, 0.25) is 0 Å². The third-order valence-corrected chi connectivity index (χ3v) is 3.99. The largest absolute Gasteiger partial charge is 0.322 e. The SMILES string of the molecule is CCc1cc(C(=O)Nc2cccc(C3(C)NC(=O)NC3=O)c2)n[nH]1. The highest BCUT2D eigenvalue weighted by molar-refractivity contribution is 6.07. The predicted molar refractivity (Wildman–Crippen MR) is 86.4 cm³/mol. The first kappa shape index (κ1) is 15.7. The zero-order valence-corrected chi connectivity index (χ0v) is 13.3. The molecule has 1 aliphatic rings. The molecular formula is C16H17N5O3. The highest BCUT2D eigenvalue weighted by Gasteiger charge is 2.43. The van der Waals surface area contributed by atoms with Gasteiger partial charge in [-0.1, -0.05) is 19.1 Å². The number of aromatic amines is 1. The van der Waals surface area contributed by atoms with Gasteiger partial charge in [0.05, 0.1) is 0 Å². The third kappa shape index (κ3) is 2.73. The number of imide groups is 1. The number of carbonyl (C=O) groups excluding carboxylic acids is 3. The van der Waals surface area contributed by atoms with Gasteiger partial charge in [0.2, 0.25) is 0 Å². The van der Waals surface area contributed by atoms with Crippen LogP contribution in [0.1, 0.15) is 35.6 Å². The maximum absolute atomic E-state index is 12.2. The summed E-state index contributed by atoms with van der Waals surface area (Å²) < 4.78 is 0. The first-order valence-corrected chi connectivity index (χ1v) is 7.52. The highest BCUT2D eigenvalue weighted by atomic mass is 16.2. The number of carbonyl (C=O) groups is 3. The molecule has 1 aromatic carbocycles. The molecule has 1 unspecified atom stereocenters. The zero-order valence-electron chi connectivity index (χ0n) is 13.3. The van der Waals surface area contributed by atoms with Crippen molar-refractivity contribution in [3.8, 4) is 0 Å². The molecule has 0 saturated carbocycles. The van der Waals surface area contributed by atoms with E-state index < -0.39 is 17.5 Å². The fourth-order valence-electron chi connectivity index (χ4n) is 2.51. The third-order valence-electron chi connectivity index (χ3n) is 3.99. The number of anilines is 1. The van der Waals surface area contributed by atoms with Crippen LogP contribution in [0.3, 0.4) is 0 Å². The van der Waals surface area contributed by atoms with Crippen LogP contribution in [0.4, 0.5) is 10.5 Å². The van der Waals surface area contributed by atoms with Crippen molar-refractivity contribution in [2.24, 2.45) is 0 Å². The Morgan fingerprint density at radius 2 is 2.08 bits per heavy atom. The quantitative estimate of drug-likeness (QED) is 0.633. The van der Waals surface area contributed by atoms with Crippen molar-refractivity contribution in [3.63, 3.8) is 0 Å². The molecule has 1 atom stereocenters. The average Bonchev–Trinajstić information content (AvgIpc) is 3.13. The maximum Gasteiger partial charge on any atom is 0.322 e. The van der Waals surface area contributed by atoms with Crippen molar-refractivity contribution in [2.75, 3.05) is 5.32 Å². The summed E-state index contributed by atoms with van der Waals surface area (Å²) >= 11 is 0. The van der Waals surface area contributed by atoms with E-state index >= 15 is 0 Å². The number of nitrogens with one attached hydrogen (secondary N) is 4. The molecule has 2 heterocycles. The Balaban J connectivity index is 1.82. The lowest BCUT2D eigenvalue weighted by molar-refractivity contribution is -0.123. The normalized spacial score (nSPS) is 19.8. The van der Waals surface area contributed by atoms with Crippen LogP contribution in [0, 0.1) is 0 Å². The highest BCUT2D eigenvalue weighted by Crippen LogP contribution is 2.26. The molecule has 1 saturated heterocycles. The second-order valence-corrected chi connectivity index (χ2v) is 5.70. The Morgan fingerprint density at radius 3 is 2.71 bits per heavy atom. The molecule has 1 fully saturated rings. The molecule has 0 radical (unpaired) electrons. The first-order chi connectivity index (χ1) is 11.4. The average molecular weight is 327 g/mol. The van der Waals surface area contributed by atoms with Gasteiger partial charge in [-0.15, -0.1) is 0 Å². The van der Waals surface area contributed by atoms with Crippen LogP contribution in [0.25, 0.3) is 0 Å². The van der Waals surface area contributed by atoms with E-state index in [2.05, 4.69) is 26.1 Å². The number of benzene rings is 1. The number of amides is 4. The number of rotatable bonds is 4. The number of hydrogen-bond acceptors (Lipinski definition) is 4. The number of nitrogens with zero attached hydrogens (tertiary/aromatic N) is 1. The molecular weight excluding hydrogens is 310 g/mol. The summed E-state index contributed by atoms with van der Waals surface area (Å²) in [4.78, 5) is 35.6. The molecule has 8 nitrogen and oxygen atoms in total. The number of aromatic nitrogens is 2. The number of aryl methyl sites for hydroxylation is 1. The van der Waals surface area contributed by atoms with E-state index in [1.807, 2.05) is 6.92 Å². The Bertz CT molecular complexity index is 829. The van der Waals surface area contributed by atoms with Crippen molar-refractivity contribution in [2.45, 2.75) is 25.8 Å². The van der Waals surface area contributed by atoms with Gasteiger partial charge in [-0.2, -0.15) is 5.10 Å². The fraction of sp³-hybridized carbons (Fsp3) is 0.250. The summed E-state index contributed by atoms with van der Waals surface area (Å²) in [5.41, 5.74) is 1.07. The Morgan fingerprint density at radius 1 is 1.29 bits per heavy atom. The van der Waals surface area contributed by atoms with Crippen LogP contribution >= 0.6 is 0 Å². The minimum Gasteiger partial charge on any atom is -0.321 e. The second kappa shape index (κ2) is 5.80. The van der Waals surface area contributed by atoms with E-state index in [1.54, 1.807) is 37.3 Å². The van der Waals surface area contributed by atoms with Crippen molar-refractivity contribution in [1.29, 1.82) is 0 Å². The van der Waals surface area contributed by atoms with Gasteiger partial charge in [-0.3, -0.25) is 20.0 Å². The first-order valence-electron chi connectivity index (χ1n) is 7.52. The van der Waals surface area contributed by atoms with Crippen molar-refractivity contribution in [3.05, 3.63) is 47.3 Å². The van der Waals surface area contributed by atoms with Gasteiger partial charge in [0, 0.05) is 11.4 Å². The van der Waals surface area contributed by atoms with Crippen LogP contribution < -0.4 is 16.0 Å². The Hall–Kier alpha value is -3.16. The van der Waals surface area contributed by atoms with Crippen molar-refractivity contribution < 1.29 is 14.4 Å². The molecule has 1 aromatic heterocycles. The standard InChI is InChI=1S/C16H17N5O3/c1-3-10-8-12(21-20-10)13(22)17-11-6-4-5-9(7-11)16(2)14(23)18-15(24)19-16/h4-8H,3H2,1-2H3,(H,17,22)(H,20,21)(H2,18,19,23,24). The summed E-state index contributed by atoms with van der Waals surface area (Å²) in [5.74, 6) is -0.788. The van der Waals surface area contributed by atoms with Gasteiger partial charge in [0.1, 0.15) is 5.54 Å². The monoisotopic (exact) mass is 327 g/mol. The fourth-order valence-corrected chi connectivity index (χ4v) is 2.51. The summed E-state index contributed by atoms with van der Waals surface area (Å²) in [5, 5.41) is 14.3. The Labute approximate surface area is 138 Å². The van der Waals surface area contributed by atoms with E-state index in [0.29, 0.717) is 11.3 Å². The molecule has 24 heavy (non-hydrogen) atoms. The maximum atomic E-state index is 12.2. The van der Waals surface area contributed by atoms with E-state index in [0.717, 1.165) is 12.1 Å². The van der Waals surface area contributed by atoms with Gasteiger partial charge < -0.3 is 10.6 Å². The zero-order chi connectivity index (χ0) is 17.3. The molecule has 0 spiro atoms. The van der Waals surface area contributed by atoms with Crippen LogP contribution in [0.15, 0.2) is 30.3 Å². The van der Waals surface area contributed by atoms with Crippen molar-refractivity contribution in [1.82, 2.24) is 20.8 Å². The van der Waals surface area contributed by atoms with Crippen molar-refractivity contribution >= 4 is 23.5 Å². The van der Waals surface area contributed by atoms with Gasteiger partial charge in [0.25, 0.3) is 11.8 Å². The minimum atomic E-state index is -1.17. The number of urea groups is 1. The topological polar surface area (TPSA) is 116 Å². The molecule has 2 aromatic rings. The molecule has 4 N–H and O–H groups in total. The van der Waals surface area contributed by atoms with Crippen LogP contribution in [0.5, 0.6) is 0 Å². The van der Waals surface area contributed by atoms with E-state index in [-0.39, 0.29) is 11.6 Å². The van der Waals surface area contributed by atoms with Crippen LogP contribution in [-0.4, -0.2) is 28.0 Å². The number of H-pyrrole nitrogens is 1. The summed E-state index contributed by atoms with van der Waals surface area (Å²) in [7, 11) is 0. The Kier molecular flexibility index (Phi) is 3.80. The lowest BCUT2D eigenvalue weighted by Gasteiger charge is -2.21. The molecule has 0 aliphatic carbocycles. The van der Waals surface area contributed by atoms with E-state index in [4.69, 9.17) is 0 Å². The van der Waals surface area contributed by atoms with Gasteiger partial charge in [-0.05, 0) is 37.1 Å². The van der Waals surface area contributed by atoms with Gasteiger partial charge >= 0.3 is 6.03 Å².